The fourth-order valence-corrected chi connectivity index (χ4v) is 2.78. The molecule has 0 bridgehead atoms. The lowest BCUT2D eigenvalue weighted by Crippen LogP contribution is -2.14. The van der Waals surface area contributed by atoms with Crippen molar-refractivity contribution in [1.29, 1.82) is 0 Å². The molecule has 0 unspecified atom stereocenters. The zero-order valence-electron chi connectivity index (χ0n) is 13.2. The fourth-order valence-electron chi connectivity index (χ4n) is 2.35. The Bertz CT molecular complexity index is 817. The number of hydrogen-bond donors (Lipinski definition) is 2. The fraction of sp³-hybridized carbons (Fsp3) is 0.222. The average Bonchev–Trinajstić information content (AvgIpc) is 2.53. The standard InChI is InChI=1S/C18H19BrN4/c1-12(2)21-18-22-16-10-6-4-8-14(16)17(23-18)20-11-13-7-3-5-9-15(13)19/h3-10,12H,11H2,1-2H3,(H2,20,21,22,23). The van der Waals surface area contributed by atoms with Crippen LogP contribution in [0.3, 0.4) is 0 Å². The van der Waals surface area contributed by atoms with Crippen LogP contribution in [-0.4, -0.2) is 16.0 Å². The second kappa shape index (κ2) is 6.96. The van der Waals surface area contributed by atoms with E-state index in [0.717, 1.165) is 21.2 Å². The third kappa shape index (κ3) is 3.79. The zero-order valence-corrected chi connectivity index (χ0v) is 14.8. The molecule has 0 spiro atoms. The second-order valence-corrected chi connectivity index (χ2v) is 6.51. The minimum atomic E-state index is 0.285. The van der Waals surface area contributed by atoms with Gasteiger partial charge in [0.25, 0.3) is 0 Å². The first-order valence-corrected chi connectivity index (χ1v) is 8.43. The molecule has 0 radical (unpaired) electrons. The van der Waals surface area contributed by atoms with Gasteiger partial charge in [-0.2, -0.15) is 4.98 Å². The van der Waals surface area contributed by atoms with Crippen LogP contribution < -0.4 is 10.6 Å². The summed E-state index contributed by atoms with van der Waals surface area (Å²) >= 11 is 3.58. The summed E-state index contributed by atoms with van der Waals surface area (Å²) in [7, 11) is 0. The molecule has 1 heterocycles. The predicted octanol–water partition coefficient (Wildman–Crippen LogP) is 4.82. The smallest absolute Gasteiger partial charge is 0.225 e. The summed E-state index contributed by atoms with van der Waals surface area (Å²) in [5.74, 6) is 1.49. The molecule has 0 saturated heterocycles. The van der Waals surface area contributed by atoms with E-state index >= 15 is 0 Å². The van der Waals surface area contributed by atoms with Gasteiger partial charge in [-0.05, 0) is 37.6 Å². The number of nitrogens with one attached hydrogen (secondary N) is 2. The van der Waals surface area contributed by atoms with Crippen molar-refractivity contribution in [2.24, 2.45) is 0 Å². The number of fused-ring (bicyclic) bond motifs is 1. The minimum Gasteiger partial charge on any atom is -0.365 e. The van der Waals surface area contributed by atoms with E-state index < -0.39 is 0 Å². The molecular formula is C18H19BrN4. The lowest BCUT2D eigenvalue weighted by molar-refractivity contribution is 0.877. The average molecular weight is 371 g/mol. The van der Waals surface area contributed by atoms with Gasteiger partial charge in [-0.15, -0.1) is 0 Å². The molecule has 0 aliphatic heterocycles. The van der Waals surface area contributed by atoms with E-state index in [2.05, 4.69) is 56.4 Å². The van der Waals surface area contributed by atoms with Crippen LogP contribution in [0.2, 0.25) is 0 Å². The molecule has 2 aromatic carbocycles. The van der Waals surface area contributed by atoms with E-state index in [0.29, 0.717) is 12.5 Å². The lowest BCUT2D eigenvalue weighted by atomic mass is 10.2. The highest BCUT2D eigenvalue weighted by atomic mass is 79.9. The van der Waals surface area contributed by atoms with Crippen molar-refractivity contribution in [3.63, 3.8) is 0 Å². The van der Waals surface area contributed by atoms with Gasteiger partial charge in [0.05, 0.1) is 5.52 Å². The summed E-state index contributed by atoms with van der Waals surface area (Å²) in [5.41, 5.74) is 2.12. The molecule has 5 heteroatoms. The second-order valence-electron chi connectivity index (χ2n) is 5.66. The number of rotatable bonds is 5. The van der Waals surface area contributed by atoms with Gasteiger partial charge < -0.3 is 10.6 Å². The summed E-state index contributed by atoms with van der Waals surface area (Å²) in [6.45, 7) is 4.85. The molecule has 4 nitrogen and oxygen atoms in total. The number of anilines is 2. The van der Waals surface area contributed by atoms with Crippen molar-refractivity contribution in [3.8, 4) is 0 Å². The SMILES string of the molecule is CC(C)Nc1nc(NCc2ccccc2Br)c2ccccc2n1. The van der Waals surface area contributed by atoms with Crippen molar-refractivity contribution in [1.82, 2.24) is 9.97 Å². The van der Waals surface area contributed by atoms with Crippen molar-refractivity contribution < 1.29 is 0 Å². The first-order chi connectivity index (χ1) is 11.1. The third-order valence-electron chi connectivity index (χ3n) is 3.43. The van der Waals surface area contributed by atoms with E-state index in [-0.39, 0.29) is 6.04 Å². The number of para-hydroxylation sites is 1. The highest BCUT2D eigenvalue weighted by Crippen LogP contribution is 2.24. The van der Waals surface area contributed by atoms with E-state index in [9.17, 15) is 0 Å². The van der Waals surface area contributed by atoms with Gasteiger partial charge in [0, 0.05) is 22.4 Å². The van der Waals surface area contributed by atoms with E-state index in [4.69, 9.17) is 0 Å². The monoisotopic (exact) mass is 370 g/mol. The van der Waals surface area contributed by atoms with Crippen LogP contribution >= 0.6 is 15.9 Å². The maximum absolute atomic E-state index is 4.64. The summed E-state index contributed by atoms with van der Waals surface area (Å²) in [4.78, 5) is 9.21. The molecule has 0 saturated carbocycles. The van der Waals surface area contributed by atoms with Crippen LogP contribution in [0.25, 0.3) is 10.9 Å². The maximum Gasteiger partial charge on any atom is 0.225 e. The zero-order chi connectivity index (χ0) is 16.2. The van der Waals surface area contributed by atoms with Crippen LogP contribution in [0.15, 0.2) is 53.0 Å². The van der Waals surface area contributed by atoms with Crippen molar-refractivity contribution >= 4 is 38.6 Å². The predicted molar refractivity (Wildman–Crippen MR) is 99.8 cm³/mol. The van der Waals surface area contributed by atoms with Gasteiger partial charge in [-0.3, -0.25) is 0 Å². The molecule has 3 aromatic rings. The molecule has 1 aromatic heterocycles. The van der Waals surface area contributed by atoms with Gasteiger partial charge in [-0.25, -0.2) is 4.98 Å². The molecule has 0 aliphatic carbocycles. The van der Waals surface area contributed by atoms with E-state index in [1.54, 1.807) is 0 Å². The number of benzene rings is 2. The molecule has 0 fully saturated rings. The van der Waals surface area contributed by atoms with Crippen LogP contribution in [0, 0.1) is 0 Å². The number of aromatic nitrogens is 2. The molecule has 3 rings (SSSR count). The van der Waals surface area contributed by atoms with Gasteiger partial charge >= 0.3 is 0 Å². The first-order valence-electron chi connectivity index (χ1n) is 7.64. The summed E-state index contributed by atoms with van der Waals surface area (Å²) in [6, 6.07) is 16.5. The van der Waals surface area contributed by atoms with Crippen molar-refractivity contribution in [2.45, 2.75) is 26.4 Å². The van der Waals surface area contributed by atoms with Crippen molar-refractivity contribution in [2.75, 3.05) is 10.6 Å². The van der Waals surface area contributed by atoms with Gasteiger partial charge in [0.15, 0.2) is 0 Å². The Kier molecular flexibility index (Phi) is 4.76. The molecule has 23 heavy (non-hydrogen) atoms. The Labute approximate surface area is 144 Å². The third-order valence-corrected chi connectivity index (χ3v) is 4.20. The Hall–Kier alpha value is -2.14. The number of halogens is 1. The molecule has 2 N–H and O–H groups in total. The van der Waals surface area contributed by atoms with Crippen molar-refractivity contribution in [3.05, 3.63) is 58.6 Å². The van der Waals surface area contributed by atoms with E-state index in [1.165, 1.54) is 5.56 Å². The minimum absolute atomic E-state index is 0.285. The highest BCUT2D eigenvalue weighted by molar-refractivity contribution is 9.10. The largest absolute Gasteiger partial charge is 0.365 e. The maximum atomic E-state index is 4.64. The van der Waals surface area contributed by atoms with Crippen LogP contribution in [-0.2, 0) is 6.54 Å². The normalized spacial score (nSPS) is 11.0. The Morgan fingerprint density at radius 1 is 1.00 bits per heavy atom. The number of hydrogen-bond acceptors (Lipinski definition) is 4. The van der Waals surface area contributed by atoms with Gasteiger partial charge in [0.1, 0.15) is 5.82 Å². The Balaban J connectivity index is 1.93. The molecule has 0 amide bonds. The summed E-state index contributed by atoms with van der Waals surface area (Å²) < 4.78 is 1.09. The number of nitrogens with zero attached hydrogens (tertiary/aromatic N) is 2. The van der Waals surface area contributed by atoms with Gasteiger partial charge in [0.2, 0.25) is 5.95 Å². The Morgan fingerprint density at radius 2 is 1.74 bits per heavy atom. The van der Waals surface area contributed by atoms with E-state index in [1.807, 2.05) is 42.5 Å². The molecule has 0 aliphatic rings. The van der Waals surface area contributed by atoms with Crippen LogP contribution in [0.4, 0.5) is 11.8 Å². The molecule has 0 atom stereocenters. The van der Waals surface area contributed by atoms with Crippen LogP contribution in [0.5, 0.6) is 0 Å². The summed E-state index contributed by atoms with van der Waals surface area (Å²) in [5, 5.41) is 7.73. The quantitative estimate of drug-likeness (QED) is 0.675. The van der Waals surface area contributed by atoms with Crippen LogP contribution in [0.1, 0.15) is 19.4 Å². The summed E-state index contributed by atoms with van der Waals surface area (Å²) in [6.07, 6.45) is 0. The topological polar surface area (TPSA) is 49.8 Å². The lowest BCUT2D eigenvalue weighted by Gasteiger charge is -2.13. The van der Waals surface area contributed by atoms with Gasteiger partial charge in [-0.1, -0.05) is 46.3 Å². The molecular weight excluding hydrogens is 352 g/mol. The first kappa shape index (κ1) is 15.7. The molecule has 118 valence electrons. The Morgan fingerprint density at radius 3 is 2.52 bits per heavy atom. The highest BCUT2D eigenvalue weighted by Gasteiger charge is 2.08.